The lowest BCUT2D eigenvalue weighted by Crippen LogP contribution is -2.54. The third kappa shape index (κ3) is 8.04. The van der Waals surface area contributed by atoms with E-state index in [-0.39, 0.29) is 35.2 Å². The fourth-order valence-electron chi connectivity index (χ4n) is 4.60. The van der Waals surface area contributed by atoms with Gasteiger partial charge in [-0.05, 0) is 61.9 Å². The molecule has 0 aliphatic rings. The van der Waals surface area contributed by atoms with Gasteiger partial charge in [-0.3, -0.25) is 13.9 Å². The maximum absolute atomic E-state index is 14.9. The van der Waals surface area contributed by atoms with Crippen molar-refractivity contribution in [2.45, 2.75) is 43.8 Å². The molecule has 0 aliphatic heterocycles. The van der Waals surface area contributed by atoms with E-state index in [1.54, 1.807) is 50.2 Å². The zero-order chi connectivity index (χ0) is 31.0. The normalized spacial score (nSPS) is 12.0. The lowest BCUT2D eigenvalue weighted by molar-refractivity contribution is -0.140. The van der Waals surface area contributed by atoms with Crippen LogP contribution in [0.2, 0.25) is 0 Å². The summed E-state index contributed by atoms with van der Waals surface area (Å²) in [5, 5.41) is 2.85. The largest absolute Gasteiger partial charge is 0.352 e. The molecular formula is C33H33F2N3O4S. The van der Waals surface area contributed by atoms with Crippen molar-refractivity contribution >= 4 is 27.5 Å². The Hall–Kier alpha value is -4.57. The molecule has 0 unspecified atom stereocenters. The molecule has 0 heterocycles. The Balaban J connectivity index is 1.80. The van der Waals surface area contributed by atoms with Gasteiger partial charge < -0.3 is 10.2 Å². The van der Waals surface area contributed by atoms with Gasteiger partial charge in [0.25, 0.3) is 10.0 Å². The number of nitrogens with one attached hydrogen (secondary N) is 1. The summed E-state index contributed by atoms with van der Waals surface area (Å²) < 4.78 is 57.3. The SMILES string of the molecule is CC(C)NC(=O)[C@@H](Cc1ccccc1)N(Cc1ccccc1F)C(=O)CN(c1ccc(F)cc1)S(=O)(=O)c1ccccc1. The molecule has 1 N–H and O–H groups in total. The van der Waals surface area contributed by atoms with Gasteiger partial charge in [0, 0.05) is 24.6 Å². The molecule has 0 saturated heterocycles. The minimum Gasteiger partial charge on any atom is -0.352 e. The second-order valence-corrected chi connectivity index (χ2v) is 12.1. The summed E-state index contributed by atoms with van der Waals surface area (Å²) in [4.78, 5) is 29.0. The summed E-state index contributed by atoms with van der Waals surface area (Å²) in [5.41, 5.74) is 0.964. The van der Waals surface area contributed by atoms with Crippen LogP contribution in [0.4, 0.5) is 14.5 Å². The van der Waals surface area contributed by atoms with Crippen LogP contribution in [0.15, 0.2) is 114 Å². The van der Waals surface area contributed by atoms with Crippen LogP contribution in [-0.2, 0) is 32.6 Å². The maximum Gasteiger partial charge on any atom is 0.264 e. The molecule has 4 aromatic carbocycles. The van der Waals surface area contributed by atoms with E-state index >= 15 is 0 Å². The first-order chi connectivity index (χ1) is 20.6. The van der Waals surface area contributed by atoms with Gasteiger partial charge in [0.2, 0.25) is 11.8 Å². The molecule has 1 atom stereocenters. The number of amides is 2. The molecule has 0 saturated carbocycles. The summed E-state index contributed by atoms with van der Waals surface area (Å²) >= 11 is 0. The summed E-state index contributed by atoms with van der Waals surface area (Å²) in [6, 6.07) is 25.8. The Bertz CT molecular complexity index is 1630. The number of carbonyl (C=O) groups excluding carboxylic acids is 2. The van der Waals surface area contributed by atoms with Crippen molar-refractivity contribution in [3.05, 3.63) is 132 Å². The quantitative estimate of drug-likeness (QED) is 0.237. The van der Waals surface area contributed by atoms with E-state index < -0.39 is 46.1 Å². The van der Waals surface area contributed by atoms with Gasteiger partial charge in [-0.2, -0.15) is 0 Å². The average Bonchev–Trinajstić information content (AvgIpc) is 2.99. The van der Waals surface area contributed by atoms with Crippen molar-refractivity contribution in [1.29, 1.82) is 0 Å². The number of hydrogen-bond acceptors (Lipinski definition) is 4. The van der Waals surface area contributed by atoms with Gasteiger partial charge in [-0.1, -0.05) is 66.7 Å². The van der Waals surface area contributed by atoms with Crippen molar-refractivity contribution in [3.63, 3.8) is 0 Å². The Labute approximate surface area is 250 Å². The third-order valence-electron chi connectivity index (χ3n) is 6.73. The van der Waals surface area contributed by atoms with Crippen molar-refractivity contribution in [1.82, 2.24) is 10.2 Å². The summed E-state index contributed by atoms with van der Waals surface area (Å²) in [6.07, 6.45) is 0.0988. The van der Waals surface area contributed by atoms with E-state index in [0.717, 1.165) is 22.0 Å². The first kappa shape index (κ1) is 31.4. The number of sulfonamides is 1. The summed E-state index contributed by atoms with van der Waals surface area (Å²) in [7, 11) is -4.31. The molecule has 0 spiro atoms. The molecule has 7 nitrogen and oxygen atoms in total. The van der Waals surface area contributed by atoms with Gasteiger partial charge in [-0.15, -0.1) is 0 Å². The molecule has 43 heavy (non-hydrogen) atoms. The molecule has 4 rings (SSSR count). The zero-order valence-corrected chi connectivity index (χ0v) is 24.7. The minimum absolute atomic E-state index is 0.0516. The van der Waals surface area contributed by atoms with E-state index in [0.29, 0.717) is 0 Å². The monoisotopic (exact) mass is 605 g/mol. The maximum atomic E-state index is 14.9. The van der Waals surface area contributed by atoms with Crippen molar-refractivity contribution in [2.75, 3.05) is 10.8 Å². The molecule has 0 aromatic heterocycles. The van der Waals surface area contributed by atoms with Crippen LogP contribution in [0.1, 0.15) is 25.0 Å². The van der Waals surface area contributed by atoms with Crippen LogP contribution in [-0.4, -0.2) is 43.8 Å². The highest BCUT2D eigenvalue weighted by Crippen LogP contribution is 2.25. The standard InChI is InChI=1S/C33H33F2N3O4S/c1-24(2)36-33(40)31(21-25-11-5-3-6-12-25)37(22-26-13-9-10-16-30(26)35)32(39)23-38(28-19-17-27(34)18-20-28)43(41,42)29-14-7-4-8-15-29/h3-20,24,31H,21-23H2,1-2H3,(H,36,40)/t31-/m1/s1. The topological polar surface area (TPSA) is 86.8 Å². The Morgan fingerprint density at radius 1 is 0.791 bits per heavy atom. The van der Waals surface area contributed by atoms with Crippen LogP contribution in [0, 0.1) is 11.6 Å². The van der Waals surface area contributed by atoms with Gasteiger partial charge >= 0.3 is 0 Å². The molecule has 2 amide bonds. The second-order valence-electron chi connectivity index (χ2n) is 10.3. The van der Waals surface area contributed by atoms with E-state index in [9.17, 15) is 26.8 Å². The van der Waals surface area contributed by atoms with Gasteiger partial charge in [0.15, 0.2) is 0 Å². The lowest BCUT2D eigenvalue weighted by Gasteiger charge is -2.34. The summed E-state index contributed by atoms with van der Waals surface area (Å²) in [5.74, 6) is -2.37. The Kier molecular flexibility index (Phi) is 10.3. The molecule has 0 radical (unpaired) electrons. The average molecular weight is 606 g/mol. The van der Waals surface area contributed by atoms with Crippen molar-refractivity contribution in [2.24, 2.45) is 0 Å². The molecule has 224 valence electrons. The van der Waals surface area contributed by atoms with Crippen LogP contribution >= 0.6 is 0 Å². The number of carbonyl (C=O) groups is 2. The fraction of sp³-hybridized carbons (Fsp3) is 0.212. The van der Waals surface area contributed by atoms with Crippen LogP contribution in [0.25, 0.3) is 0 Å². The van der Waals surface area contributed by atoms with Crippen molar-refractivity contribution < 1.29 is 26.8 Å². The zero-order valence-electron chi connectivity index (χ0n) is 23.9. The lowest BCUT2D eigenvalue weighted by atomic mass is 10.0. The van der Waals surface area contributed by atoms with Crippen LogP contribution in [0.5, 0.6) is 0 Å². The predicted octanol–water partition coefficient (Wildman–Crippen LogP) is 5.32. The van der Waals surface area contributed by atoms with Crippen LogP contribution in [0.3, 0.4) is 0 Å². The number of benzene rings is 4. The van der Waals surface area contributed by atoms with E-state index in [2.05, 4.69) is 5.32 Å². The van der Waals surface area contributed by atoms with Gasteiger partial charge in [0.05, 0.1) is 10.6 Å². The highest BCUT2D eigenvalue weighted by atomic mass is 32.2. The number of rotatable bonds is 12. The number of anilines is 1. The Morgan fingerprint density at radius 3 is 1.98 bits per heavy atom. The first-order valence-corrected chi connectivity index (χ1v) is 15.2. The molecular weight excluding hydrogens is 572 g/mol. The fourth-order valence-corrected chi connectivity index (χ4v) is 6.04. The van der Waals surface area contributed by atoms with E-state index in [1.807, 2.05) is 18.2 Å². The van der Waals surface area contributed by atoms with Gasteiger partial charge in [-0.25, -0.2) is 17.2 Å². The second kappa shape index (κ2) is 14.1. The summed E-state index contributed by atoms with van der Waals surface area (Å²) in [6.45, 7) is 2.54. The van der Waals surface area contributed by atoms with Gasteiger partial charge in [0.1, 0.15) is 24.2 Å². The van der Waals surface area contributed by atoms with E-state index in [4.69, 9.17) is 0 Å². The van der Waals surface area contributed by atoms with Crippen molar-refractivity contribution in [3.8, 4) is 0 Å². The number of halogens is 2. The highest BCUT2D eigenvalue weighted by Gasteiger charge is 2.35. The van der Waals surface area contributed by atoms with Crippen LogP contribution < -0.4 is 9.62 Å². The van der Waals surface area contributed by atoms with E-state index in [1.165, 1.54) is 47.4 Å². The third-order valence-corrected chi connectivity index (χ3v) is 8.51. The number of hydrogen-bond donors (Lipinski definition) is 1. The minimum atomic E-state index is -4.31. The highest BCUT2D eigenvalue weighted by molar-refractivity contribution is 7.92. The predicted molar refractivity (Wildman–Crippen MR) is 162 cm³/mol. The Morgan fingerprint density at radius 2 is 1.37 bits per heavy atom. The smallest absolute Gasteiger partial charge is 0.264 e. The molecule has 0 fully saturated rings. The molecule has 0 aliphatic carbocycles. The number of nitrogens with zero attached hydrogens (tertiary/aromatic N) is 2. The first-order valence-electron chi connectivity index (χ1n) is 13.8. The molecule has 4 aromatic rings. The molecule has 10 heteroatoms. The molecule has 0 bridgehead atoms.